The molecule has 1 aliphatic heterocycles. The van der Waals surface area contributed by atoms with E-state index in [0.717, 1.165) is 17.6 Å². The van der Waals surface area contributed by atoms with Crippen LogP contribution in [-0.4, -0.2) is 42.5 Å². The molecule has 0 bridgehead atoms. The van der Waals surface area contributed by atoms with E-state index in [1.54, 1.807) is 30.0 Å². The number of nitrogens with zero attached hydrogens (tertiary/aromatic N) is 1. The van der Waals surface area contributed by atoms with Gasteiger partial charge in [0, 0.05) is 42.2 Å². The van der Waals surface area contributed by atoms with Crippen molar-refractivity contribution in [1.29, 1.82) is 0 Å². The van der Waals surface area contributed by atoms with Gasteiger partial charge >= 0.3 is 0 Å². The lowest BCUT2D eigenvalue weighted by molar-refractivity contribution is 0.0281. The highest BCUT2D eigenvalue weighted by Gasteiger charge is 2.25. The Morgan fingerprint density at radius 3 is 2.75 bits per heavy atom. The van der Waals surface area contributed by atoms with Gasteiger partial charge in [-0.15, -0.1) is 11.8 Å². The molecule has 1 atom stereocenters. The largest absolute Gasteiger partial charge is 0.375 e. The molecule has 6 nitrogen and oxygen atoms in total. The third kappa shape index (κ3) is 5.02. The van der Waals surface area contributed by atoms with Crippen molar-refractivity contribution in [3.63, 3.8) is 0 Å². The number of fused-ring (bicyclic) bond motifs is 1. The summed E-state index contributed by atoms with van der Waals surface area (Å²) >= 11 is 7.60. The summed E-state index contributed by atoms with van der Waals surface area (Å²) in [6.07, 6.45) is 2.40. The van der Waals surface area contributed by atoms with Crippen molar-refractivity contribution in [1.82, 2.24) is 15.2 Å². The van der Waals surface area contributed by atoms with E-state index >= 15 is 0 Å². The van der Waals surface area contributed by atoms with Gasteiger partial charge in [0.2, 0.25) is 5.43 Å². The van der Waals surface area contributed by atoms with Crippen molar-refractivity contribution < 1.29 is 9.53 Å². The molecule has 1 aromatic heterocycles. The van der Waals surface area contributed by atoms with Gasteiger partial charge < -0.3 is 19.9 Å². The number of rotatable bonds is 7. The van der Waals surface area contributed by atoms with Gasteiger partial charge in [-0.05, 0) is 36.1 Å². The van der Waals surface area contributed by atoms with Crippen molar-refractivity contribution in [2.45, 2.75) is 24.9 Å². The van der Waals surface area contributed by atoms with Crippen molar-refractivity contribution in [3.05, 3.63) is 80.6 Å². The number of amides is 1. The van der Waals surface area contributed by atoms with Gasteiger partial charge in [-0.2, -0.15) is 0 Å². The Balaban J connectivity index is 1.76. The van der Waals surface area contributed by atoms with Crippen LogP contribution in [0.4, 0.5) is 0 Å². The fourth-order valence-corrected chi connectivity index (χ4v) is 4.69. The van der Waals surface area contributed by atoms with E-state index < -0.39 is 0 Å². The number of pyridine rings is 1. The van der Waals surface area contributed by atoms with E-state index in [1.165, 1.54) is 0 Å². The molecule has 8 heteroatoms. The van der Waals surface area contributed by atoms with Crippen LogP contribution in [0.1, 0.15) is 21.6 Å². The van der Waals surface area contributed by atoms with E-state index in [1.807, 2.05) is 36.6 Å². The van der Waals surface area contributed by atoms with Gasteiger partial charge in [-0.1, -0.05) is 35.9 Å². The molecule has 1 aliphatic rings. The van der Waals surface area contributed by atoms with E-state index in [4.69, 9.17) is 16.3 Å². The molecule has 0 aliphatic carbocycles. The maximum absolute atomic E-state index is 13.5. The van der Waals surface area contributed by atoms with E-state index in [9.17, 15) is 9.59 Å². The van der Waals surface area contributed by atoms with Crippen LogP contribution >= 0.6 is 23.4 Å². The maximum Gasteiger partial charge on any atom is 0.257 e. The number of thioether (sulfide) groups is 1. The van der Waals surface area contributed by atoms with Gasteiger partial charge in [0.05, 0.1) is 24.1 Å². The van der Waals surface area contributed by atoms with Gasteiger partial charge in [0.15, 0.2) is 0 Å². The summed E-state index contributed by atoms with van der Waals surface area (Å²) in [5, 5.41) is 7.44. The van der Waals surface area contributed by atoms with Crippen molar-refractivity contribution in [2.24, 2.45) is 0 Å². The number of benzene rings is 2. The molecule has 3 aromatic rings. The summed E-state index contributed by atoms with van der Waals surface area (Å²) in [4.78, 5) is 26.8. The lowest BCUT2D eigenvalue weighted by Gasteiger charge is -2.27. The second kappa shape index (κ2) is 10.5. The second-order valence-corrected chi connectivity index (χ2v) is 9.00. The molecule has 32 heavy (non-hydrogen) atoms. The fourth-order valence-electron chi connectivity index (χ4n) is 4.01. The Bertz CT molecular complexity index is 1160. The third-order valence-corrected chi connectivity index (χ3v) is 6.33. The number of morpholine rings is 1. The normalized spacial score (nSPS) is 16.2. The summed E-state index contributed by atoms with van der Waals surface area (Å²) in [5.41, 5.74) is 2.41. The molecule has 2 aromatic carbocycles. The molecular weight excluding hydrogens is 446 g/mol. The summed E-state index contributed by atoms with van der Waals surface area (Å²) in [6.45, 7) is 2.42. The minimum absolute atomic E-state index is 0.0970. The van der Waals surface area contributed by atoms with Crippen molar-refractivity contribution in [2.75, 3.05) is 26.0 Å². The molecule has 0 radical (unpaired) electrons. The predicted molar refractivity (Wildman–Crippen MR) is 131 cm³/mol. The first-order chi connectivity index (χ1) is 15.6. The standard InChI is InChI=1S/C24H26ClN3O3S/c1-32-15-28-20-5-3-2-4-19(20)23(29)22(21(28)12-18-14-26-10-11-31-18)24(30)27-13-16-6-8-17(25)9-7-16/h2-9,18,26H,10-15H2,1H3,(H,27,30). The topological polar surface area (TPSA) is 72.4 Å². The van der Waals surface area contributed by atoms with Gasteiger partial charge in [0.1, 0.15) is 5.56 Å². The highest BCUT2D eigenvalue weighted by atomic mass is 35.5. The molecule has 1 unspecified atom stereocenters. The second-order valence-electron chi connectivity index (χ2n) is 7.72. The number of ether oxygens (including phenoxy) is 1. The average molecular weight is 472 g/mol. The Kier molecular flexibility index (Phi) is 7.52. The molecule has 4 rings (SSSR count). The van der Waals surface area contributed by atoms with Crippen molar-refractivity contribution >= 4 is 40.2 Å². The van der Waals surface area contributed by atoms with Crippen LogP contribution in [-0.2, 0) is 23.6 Å². The minimum Gasteiger partial charge on any atom is -0.375 e. The van der Waals surface area contributed by atoms with Crippen LogP contribution in [0.3, 0.4) is 0 Å². The van der Waals surface area contributed by atoms with Gasteiger partial charge in [-0.25, -0.2) is 0 Å². The Hall–Kier alpha value is -2.32. The first-order valence-corrected chi connectivity index (χ1v) is 12.3. The number of carbonyl (C=O) groups is 1. The number of carbonyl (C=O) groups excluding carboxylic acids is 1. The van der Waals surface area contributed by atoms with Gasteiger partial charge in [-0.3, -0.25) is 9.59 Å². The maximum atomic E-state index is 13.5. The van der Waals surface area contributed by atoms with Crippen LogP contribution in [0.15, 0.2) is 53.3 Å². The zero-order valence-corrected chi connectivity index (χ0v) is 19.5. The van der Waals surface area contributed by atoms with Crippen LogP contribution < -0.4 is 16.1 Å². The molecule has 1 saturated heterocycles. The zero-order chi connectivity index (χ0) is 22.5. The first kappa shape index (κ1) is 22.9. The number of halogens is 1. The van der Waals surface area contributed by atoms with E-state index in [2.05, 4.69) is 15.2 Å². The highest BCUT2D eigenvalue weighted by Crippen LogP contribution is 2.22. The zero-order valence-electron chi connectivity index (χ0n) is 17.9. The third-order valence-electron chi connectivity index (χ3n) is 5.56. The van der Waals surface area contributed by atoms with Crippen molar-refractivity contribution in [3.8, 4) is 0 Å². The number of hydrogen-bond donors (Lipinski definition) is 2. The van der Waals surface area contributed by atoms with Crippen LogP contribution in [0, 0.1) is 0 Å². The van der Waals surface area contributed by atoms with E-state index in [0.29, 0.717) is 48.1 Å². The van der Waals surface area contributed by atoms with Crippen LogP contribution in [0.5, 0.6) is 0 Å². The smallest absolute Gasteiger partial charge is 0.257 e. The van der Waals surface area contributed by atoms with E-state index in [-0.39, 0.29) is 23.0 Å². The molecule has 2 N–H and O–H groups in total. The number of hydrogen-bond acceptors (Lipinski definition) is 5. The quantitative estimate of drug-likeness (QED) is 0.552. The summed E-state index contributed by atoms with van der Waals surface area (Å²) in [6, 6.07) is 14.7. The molecule has 1 fully saturated rings. The highest BCUT2D eigenvalue weighted by molar-refractivity contribution is 7.97. The minimum atomic E-state index is -0.371. The molecule has 168 valence electrons. The molecule has 1 amide bonds. The lowest BCUT2D eigenvalue weighted by Crippen LogP contribution is -2.41. The molecular formula is C24H26ClN3O3S. The Morgan fingerprint density at radius 1 is 1.25 bits per heavy atom. The summed E-state index contributed by atoms with van der Waals surface area (Å²) < 4.78 is 7.99. The van der Waals surface area contributed by atoms with Gasteiger partial charge in [0.25, 0.3) is 5.91 Å². The van der Waals surface area contributed by atoms with Crippen LogP contribution in [0.25, 0.3) is 10.9 Å². The monoisotopic (exact) mass is 471 g/mol. The fraction of sp³-hybridized carbons (Fsp3) is 0.333. The SMILES string of the molecule is CSCn1c(CC2CNCCO2)c(C(=O)NCc2ccc(Cl)cc2)c(=O)c2ccccc21. The molecule has 2 heterocycles. The molecule has 0 spiro atoms. The number of para-hydroxylation sites is 1. The predicted octanol–water partition coefficient (Wildman–Crippen LogP) is 3.44. The molecule has 0 saturated carbocycles. The number of aromatic nitrogens is 1. The Labute approximate surface area is 196 Å². The number of nitrogens with one attached hydrogen (secondary N) is 2. The first-order valence-electron chi connectivity index (χ1n) is 10.6. The van der Waals surface area contributed by atoms with Crippen LogP contribution in [0.2, 0.25) is 5.02 Å². The lowest BCUT2D eigenvalue weighted by atomic mass is 10.0. The Morgan fingerprint density at radius 2 is 2.03 bits per heavy atom. The average Bonchev–Trinajstić information content (AvgIpc) is 2.82. The summed E-state index contributed by atoms with van der Waals surface area (Å²) in [5.74, 6) is 0.262. The summed E-state index contributed by atoms with van der Waals surface area (Å²) in [7, 11) is 0.